The fourth-order valence-corrected chi connectivity index (χ4v) is 2.52. The van der Waals surface area contributed by atoms with Crippen molar-refractivity contribution in [3.05, 3.63) is 47.5 Å². The maximum atomic E-state index is 12.3. The van der Waals surface area contributed by atoms with Crippen molar-refractivity contribution in [2.24, 2.45) is 0 Å². The number of urea groups is 1. The highest BCUT2D eigenvalue weighted by molar-refractivity contribution is 5.90. The first-order valence-corrected chi connectivity index (χ1v) is 9.24. The van der Waals surface area contributed by atoms with E-state index in [0.717, 1.165) is 5.56 Å². The van der Waals surface area contributed by atoms with Gasteiger partial charge in [0.15, 0.2) is 11.5 Å². The Morgan fingerprint density at radius 1 is 0.889 bits per heavy atom. The van der Waals surface area contributed by atoms with Crippen LogP contribution in [0.3, 0.4) is 0 Å². The van der Waals surface area contributed by atoms with Crippen LogP contribution in [0.2, 0.25) is 0 Å². The number of benzene rings is 2. The van der Waals surface area contributed by atoms with E-state index < -0.39 is 0 Å². The molecule has 0 aliphatic heterocycles. The minimum Gasteiger partial charge on any atom is -0.490 e. The molecule has 0 unspecified atom stereocenters. The Morgan fingerprint density at radius 2 is 1.44 bits per heavy atom. The van der Waals surface area contributed by atoms with Crippen molar-refractivity contribution in [1.82, 2.24) is 5.32 Å². The third-order valence-corrected chi connectivity index (χ3v) is 3.74. The van der Waals surface area contributed by atoms with E-state index in [2.05, 4.69) is 10.6 Å². The molecule has 2 N–H and O–H groups in total. The van der Waals surface area contributed by atoms with Crippen LogP contribution < -0.4 is 24.8 Å². The third kappa shape index (κ3) is 6.09. The summed E-state index contributed by atoms with van der Waals surface area (Å²) in [7, 11) is 0. The van der Waals surface area contributed by atoms with Crippen LogP contribution in [-0.4, -0.2) is 25.9 Å². The smallest absolute Gasteiger partial charge is 0.319 e. The van der Waals surface area contributed by atoms with Crippen LogP contribution in [-0.2, 0) is 6.54 Å². The van der Waals surface area contributed by atoms with E-state index in [1.54, 1.807) is 12.1 Å². The molecule has 0 saturated heterocycles. The van der Waals surface area contributed by atoms with E-state index >= 15 is 0 Å². The van der Waals surface area contributed by atoms with Gasteiger partial charge in [-0.15, -0.1) is 0 Å². The second-order valence-corrected chi connectivity index (χ2v) is 5.89. The fraction of sp³-hybridized carbons (Fsp3) is 0.381. The molecular weight excluding hydrogens is 344 g/mol. The van der Waals surface area contributed by atoms with Gasteiger partial charge in [-0.25, -0.2) is 4.79 Å². The number of hydrogen-bond donors (Lipinski definition) is 2. The highest BCUT2D eigenvalue weighted by Crippen LogP contribution is 2.40. The molecule has 0 aromatic heterocycles. The lowest BCUT2D eigenvalue weighted by atomic mass is 10.1. The van der Waals surface area contributed by atoms with Crippen molar-refractivity contribution in [3.63, 3.8) is 0 Å². The first-order valence-electron chi connectivity index (χ1n) is 9.24. The molecule has 0 saturated carbocycles. The maximum absolute atomic E-state index is 12.3. The Balaban J connectivity index is 2.11. The van der Waals surface area contributed by atoms with Crippen LogP contribution >= 0.6 is 0 Å². The van der Waals surface area contributed by atoms with Gasteiger partial charge in [-0.1, -0.05) is 29.8 Å². The molecule has 27 heavy (non-hydrogen) atoms. The molecule has 0 aliphatic carbocycles. The highest BCUT2D eigenvalue weighted by atomic mass is 16.5. The van der Waals surface area contributed by atoms with Crippen LogP contribution in [0.4, 0.5) is 10.5 Å². The van der Waals surface area contributed by atoms with Crippen molar-refractivity contribution in [3.8, 4) is 17.2 Å². The molecule has 0 atom stereocenters. The standard InChI is InChI=1S/C21H28N2O4/c1-5-25-18-12-17(13-19(26-6-2)20(18)27-7-3)23-21(24)22-14-16-10-8-15(4)9-11-16/h8-13H,5-7,14H2,1-4H3,(H2,22,23,24). The maximum Gasteiger partial charge on any atom is 0.319 e. The van der Waals surface area contributed by atoms with E-state index in [9.17, 15) is 4.79 Å². The van der Waals surface area contributed by atoms with Crippen molar-refractivity contribution in [2.45, 2.75) is 34.2 Å². The molecule has 0 fully saturated rings. The summed E-state index contributed by atoms with van der Waals surface area (Å²) in [6.07, 6.45) is 0. The van der Waals surface area contributed by atoms with Gasteiger partial charge in [0, 0.05) is 18.7 Å². The van der Waals surface area contributed by atoms with Gasteiger partial charge >= 0.3 is 6.03 Å². The molecule has 0 radical (unpaired) electrons. The van der Waals surface area contributed by atoms with Crippen LogP contribution in [0.5, 0.6) is 17.2 Å². The van der Waals surface area contributed by atoms with Crippen LogP contribution in [0, 0.1) is 6.92 Å². The molecule has 0 spiro atoms. The Hall–Kier alpha value is -2.89. The van der Waals surface area contributed by atoms with Gasteiger partial charge in [0.2, 0.25) is 5.75 Å². The Bertz CT molecular complexity index is 717. The summed E-state index contributed by atoms with van der Waals surface area (Å²) in [5, 5.41) is 5.67. The summed E-state index contributed by atoms with van der Waals surface area (Å²) in [5.74, 6) is 1.63. The monoisotopic (exact) mass is 372 g/mol. The van der Waals surface area contributed by atoms with Gasteiger partial charge in [-0.05, 0) is 33.3 Å². The Morgan fingerprint density at radius 3 is 1.96 bits per heavy atom. The van der Waals surface area contributed by atoms with Crippen molar-refractivity contribution in [1.29, 1.82) is 0 Å². The van der Waals surface area contributed by atoms with Gasteiger partial charge in [0.1, 0.15) is 0 Å². The zero-order chi connectivity index (χ0) is 19.6. The van der Waals surface area contributed by atoms with E-state index in [1.165, 1.54) is 5.56 Å². The molecule has 0 bridgehead atoms. The number of carbonyl (C=O) groups excluding carboxylic acids is 1. The quantitative estimate of drug-likeness (QED) is 0.679. The molecule has 2 aromatic carbocycles. The van der Waals surface area contributed by atoms with Gasteiger partial charge < -0.3 is 24.8 Å². The lowest BCUT2D eigenvalue weighted by Crippen LogP contribution is -2.28. The van der Waals surface area contributed by atoms with E-state index in [0.29, 0.717) is 49.3 Å². The summed E-state index contributed by atoms with van der Waals surface area (Å²) in [5.41, 5.74) is 2.80. The van der Waals surface area contributed by atoms with Crippen molar-refractivity contribution >= 4 is 11.7 Å². The average Bonchev–Trinajstić information content (AvgIpc) is 2.64. The predicted molar refractivity (Wildman–Crippen MR) is 107 cm³/mol. The number of rotatable bonds is 9. The van der Waals surface area contributed by atoms with E-state index in [1.807, 2.05) is 52.0 Å². The zero-order valence-corrected chi connectivity index (χ0v) is 16.4. The molecule has 0 heterocycles. The molecule has 0 aliphatic rings. The van der Waals surface area contributed by atoms with Crippen LogP contribution in [0.25, 0.3) is 0 Å². The van der Waals surface area contributed by atoms with E-state index in [4.69, 9.17) is 14.2 Å². The number of carbonyl (C=O) groups is 1. The van der Waals surface area contributed by atoms with Gasteiger partial charge in [0.05, 0.1) is 25.5 Å². The van der Waals surface area contributed by atoms with E-state index in [-0.39, 0.29) is 6.03 Å². The summed E-state index contributed by atoms with van der Waals surface area (Å²) in [6.45, 7) is 9.61. The van der Waals surface area contributed by atoms with Crippen molar-refractivity contribution in [2.75, 3.05) is 25.1 Å². The van der Waals surface area contributed by atoms with Gasteiger partial charge in [0.25, 0.3) is 0 Å². The second-order valence-electron chi connectivity index (χ2n) is 5.89. The molecule has 2 amide bonds. The SMILES string of the molecule is CCOc1cc(NC(=O)NCc2ccc(C)cc2)cc(OCC)c1OCC. The van der Waals surface area contributed by atoms with Gasteiger partial charge in [-0.3, -0.25) is 0 Å². The molecule has 2 rings (SSSR count). The molecule has 146 valence electrons. The first kappa shape index (κ1) is 20.4. The molecular formula is C21H28N2O4. The number of anilines is 1. The lowest BCUT2D eigenvalue weighted by molar-refractivity contribution is 0.251. The normalized spacial score (nSPS) is 10.2. The minimum atomic E-state index is -0.301. The predicted octanol–water partition coefficient (Wildman–Crippen LogP) is 4.51. The molecule has 6 heteroatoms. The zero-order valence-electron chi connectivity index (χ0n) is 16.4. The summed E-state index contributed by atoms with van der Waals surface area (Å²) in [4.78, 5) is 12.3. The number of nitrogens with one attached hydrogen (secondary N) is 2. The summed E-state index contributed by atoms with van der Waals surface area (Å²) >= 11 is 0. The summed E-state index contributed by atoms with van der Waals surface area (Å²) < 4.78 is 17.0. The number of aryl methyl sites for hydroxylation is 1. The minimum absolute atomic E-state index is 0.301. The number of ether oxygens (including phenoxy) is 3. The largest absolute Gasteiger partial charge is 0.490 e. The average molecular weight is 372 g/mol. The topological polar surface area (TPSA) is 68.8 Å². The highest BCUT2D eigenvalue weighted by Gasteiger charge is 2.16. The molecule has 6 nitrogen and oxygen atoms in total. The number of hydrogen-bond acceptors (Lipinski definition) is 4. The Labute approximate surface area is 160 Å². The second kappa shape index (κ2) is 10.3. The molecule has 2 aromatic rings. The first-order chi connectivity index (χ1) is 13.1. The summed E-state index contributed by atoms with van der Waals surface area (Å²) in [6, 6.07) is 11.2. The van der Waals surface area contributed by atoms with Gasteiger partial charge in [-0.2, -0.15) is 0 Å². The van der Waals surface area contributed by atoms with Crippen LogP contribution in [0.1, 0.15) is 31.9 Å². The number of amides is 2. The lowest BCUT2D eigenvalue weighted by Gasteiger charge is -2.17. The van der Waals surface area contributed by atoms with Crippen molar-refractivity contribution < 1.29 is 19.0 Å². The van der Waals surface area contributed by atoms with Crippen LogP contribution in [0.15, 0.2) is 36.4 Å². The Kier molecular flexibility index (Phi) is 7.79. The fourth-order valence-electron chi connectivity index (χ4n) is 2.52. The third-order valence-electron chi connectivity index (χ3n) is 3.74.